The zero-order valence-electron chi connectivity index (χ0n) is 20.0. The van der Waals surface area contributed by atoms with Gasteiger partial charge in [0.25, 0.3) is 5.91 Å². The van der Waals surface area contributed by atoms with E-state index >= 15 is 0 Å². The van der Waals surface area contributed by atoms with Gasteiger partial charge in [-0.2, -0.15) is 0 Å². The molecule has 0 fully saturated rings. The number of halogens is 1. The van der Waals surface area contributed by atoms with E-state index < -0.39 is 5.97 Å². The second kappa shape index (κ2) is 11.3. The van der Waals surface area contributed by atoms with Crippen molar-refractivity contribution in [3.05, 3.63) is 76.5 Å². The van der Waals surface area contributed by atoms with E-state index in [0.717, 1.165) is 34.8 Å². The average molecular weight is 483 g/mol. The molecule has 0 aliphatic rings. The standard InChI is InChI=1S/C27H31ClN2O4/c1-17(2)14-24(23-16-25(34-18(23)3)20-6-5-7-21(28)15-20)29-22-10-8-19(9-11-22)27(33)30(4)13-12-26(31)32/h5-11,15-17,24,29H,12-14H2,1-4H3,(H,31,32). The van der Waals surface area contributed by atoms with Crippen molar-refractivity contribution in [3.63, 3.8) is 0 Å². The number of carboxylic acids is 1. The molecule has 7 heteroatoms. The van der Waals surface area contributed by atoms with Gasteiger partial charge in [0.15, 0.2) is 0 Å². The zero-order chi connectivity index (χ0) is 24.8. The van der Waals surface area contributed by atoms with Gasteiger partial charge in [0, 0.05) is 41.0 Å². The number of carboxylic acid groups (broad SMARTS) is 1. The summed E-state index contributed by atoms with van der Waals surface area (Å²) in [5, 5.41) is 13.1. The van der Waals surface area contributed by atoms with Crippen LogP contribution in [0, 0.1) is 12.8 Å². The molecule has 1 unspecified atom stereocenters. The topological polar surface area (TPSA) is 82.8 Å². The number of benzene rings is 2. The molecule has 2 aromatic carbocycles. The lowest BCUT2D eigenvalue weighted by atomic mass is 9.96. The van der Waals surface area contributed by atoms with Crippen LogP contribution in [0.15, 0.2) is 59.0 Å². The number of aryl methyl sites for hydroxylation is 1. The first kappa shape index (κ1) is 25.4. The van der Waals surface area contributed by atoms with Crippen molar-refractivity contribution in [2.75, 3.05) is 18.9 Å². The summed E-state index contributed by atoms with van der Waals surface area (Å²) in [6.45, 7) is 6.49. The maximum absolute atomic E-state index is 12.6. The molecule has 0 aliphatic carbocycles. The number of rotatable bonds is 10. The molecule has 0 spiro atoms. The van der Waals surface area contributed by atoms with Gasteiger partial charge in [0.1, 0.15) is 11.5 Å². The predicted octanol–water partition coefficient (Wildman–Crippen LogP) is 6.65. The highest BCUT2D eigenvalue weighted by atomic mass is 35.5. The van der Waals surface area contributed by atoms with Crippen molar-refractivity contribution in [1.82, 2.24) is 4.90 Å². The van der Waals surface area contributed by atoms with Gasteiger partial charge in [-0.05, 0) is 61.7 Å². The van der Waals surface area contributed by atoms with Crippen molar-refractivity contribution in [2.24, 2.45) is 5.92 Å². The first-order valence-corrected chi connectivity index (χ1v) is 11.7. The molecule has 34 heavy (non-hydrogen) atoms. The first-order valence-electron chi connectivity index (χ1n) is 11.3. The number of hydrogen-bond acceptors (Lipinski definition) is 4. The van der Waals surface area contributed by atoms with Gasteiger partial charge < -0.3 is 19.7 Å². The molecule has 0 aliphatic heterocycles. The Bertz CT molecular complexity index is 1140. The van der Waals surface area contributed by atoms with E-state index in [0.29, 0.717) is 16.5 Å². The molecule has 3 rings (SSSR count). The van der Waals surface area contributed by atoms with Crippen molar-refractivity contribution < 1.29 is 19.1 Å². The van der Waals surface area contributed by atoms with Gasteiger partial charge in [-0.15, -0.1) is 0 Å². The number of anilines is 1. The SMILES string of the molecule is Cc1oc(-c2cccc(Cl)c2)cc1C(CC(C)C)Nc1ccc(C(=O)N(C)CCC(=O)O)cc1. The highest BCUT2D eigenvalue weighted by Gasteiger charge is 2.21. The average Bonchev–Trinajstić information content (AvgIpc) is 3.18. The Morgan fingerprint density at radius 2 is 1.82 bits per heavy atom. The van der Waals surface area contributed by atoms with Crippen LogP contribution in [0.1, 0.15) is 54.4 Å². The molecular formula is C27H31ClN2O4. The van der Waals surface area contributed by atoms with E-state index in [4.69, 9.17) is 21.1 Å². The molecule has 2 N–H and O–H groups in total. The summed E-state index contributed by atoms with van der Waals surface area (Å²) in [4.78, 5) is 24.7. The highest BCUT2D eigenvalue weighted by Crippen LogP contribution is 2.34. The van der Waals surface area contributed by atoms with Gasteiger partial charge in [-0.3, -0.25) is 9.59 Å². The zero-order valence-corrected chi connectivity index (χ0v) is 20.7. The van der Waals surface area contributed by atoms with Gasteiger partial charge in [-0.25, -0.2) is 0 Å². The molecule has 0 bridgehead atoms. The van der Waals surface area contributed by atoms with Crippen LogP contribution >= 0.6 is 11.6 Å². The van der Waals surface area contributed by atoms with Crippen molar-refractivity contribution in [3.8, 4) is 11.3 Å². The maximum Gasteiger partial charge on any atom is 0.305 e. The largest absolute Gasteiger partial charge is 0.481 e. The Labute approximate surface area is 205 Å². The number of carbonyl (C=O) groups is 2. The van der Waals surface area contributed by atoms with Crippen LogP contribution in [0.3, 0.4) is 0 Å². The first-order chi connectivity index (χ1) is 16.1. The van der Waals surface area contributed by atoms with Gasteiger partial charge in [-0.1, -0.05) is 37.6 Å². The third kappa shape index (κ3) is 6.64. The predicted molar refractivity (Wildman–Crippen MR) is 135 cm³/mol. The fraction of sp³-hybridized carbons (Fsp3) is 0.333. The summed E-state index contributed by atoms with van der Waals surface area (Å²) in [7, 11) is 1.61. The summed E-state index contributed by atoms with van der Waals surface area (Å²) in [5.41, 5.74) is 3.42. The summed E-state index contributed by atoms with van der Waals surface area (Å²) in [5.74, 6) is 0.938. The fourth-order valence-corrected chi connectivity index (χ4v) is 4.05. The van der Waals surface area contributed by atoms with Crippen LogP contribution in [0.5, 0.6) is 0 Å². The van der Waals surface area contributed by atoms with Gasteiger partial charge in [0.05, 0.1) is 12.5 Å². The van der Waals surface area contributed by atoms with Crippen LogP contribution in [-0.4, -0.2) is 35.5 Å². The minimum Gasteiger partial charge on any atom is -0.481 e. The molecule has 3 aromatic rings. The fourth-order valence-electron chi connectivity index (χ4n) is 3.86. The number of hydrogen-bond donors (Lipinski definition) is 2. The molecule has 1 heterocycles. The Kier molecular flexibility index (Phi) is 8.40. The lowest BCUT2D eigenvalue weighted by Crippen LogP contribution is -2.29. The monoisotopic (exact) mass is 482 g/mol. The van der Waals surface area contributed by atoms with E-state index in [2.05, 4.69) is 25.2 Å². The van der Waals surface area contributed by atoms with E-state index in [1.807, 2.05) is 43.3 Å². The smallest absolute Gasteiger partial charge is 0.305 e. The maximum atomic E-state index is 12.6. The quantitative estimate of drug-likeness (QED) is 0.338. The van der Waals surface area contributed by atoms with E-state index in [1.165, 1.54) is 4.90 Å². The Morgan fingerprint density at radius 1 is 1.12 bits per heavy atom. The number of furan rings is 1. The second-order valence-corrected chi connectivity index (χ2v) is 9.34. The molecule has 0 saturated heterocycles. The van der Waals surface area contributed by atoms with Crippen molar-refractivity contribution in [1.29, 1.82) is 0 Å². The van der Waals surface area contributed by atoms with Crippen LogP contribution in [-0.2, 0) is 4.79 Å². The summed E-state index contributed by atoms with van der Waals surface area (Å²) >= 11 is 6.16. The molecule has 6 nitrogen and oxygen atoms in total. The number of aliphatic carboxylic acids is 1. The summed E-state index contributed by atoms with van der Waals surface area (Å²) in [6.07, 6.45) is 0.813. The number of carbonyl (C=O) groups excluding carboxylic acids is 1. The lowest BCUT2D eigenvalue weighted by Gasteiger charge is -2.22. The van der Waals surface area contributed by atoms with Gasteiger partial charge in [0.2, 0.25) is 0 Å². The van der Waals surface area contributed by atoms with Crippen LogP contribution in [0.2, 0.25) is 5.02 Å². The Morgan fingerprint density at radius 3 is 2.44 bits per heavy atom. The van der Waals surface area contributed by atoms with E-state index in [1.54, 1.807) is 19.2 Å². The molecular weight excluding hydrogens is 452 g/mol. The molecule has 0 radical (unpaired) electrons. The van der Waals surface area contributed by atoms with Crippen molar-refractivity contribution in [2.45, 2.75) is 39.7 Å². The van der Waals surface area contributed by atoms with Crippen LogP contribution in [0.4, 0.5) is 5.69 Å². The molecule has 1 atom stereocenters. The van der Waals surface area contributed by atoms with Crippen molar-refractivity contribution >= 4 is 29.2 Å². The van der Waals surface area contributed by atoms with E-state index in [9.17, 15) is 9.59 Å². The van der Waals surface area contributed by atoms with E-state index in [-0.39, 0.29) is 24.9 Å². The summed E-state index contributed by atoms with van der Waals surface area (Å²) in [6, 6.07) is 17.0. The molecule has 0 saturated carbocycles. The van der Waals surface area contributed by atoms with Crippen LogP contribution < -0.4 is 5.32 Å². The Balaban J connectivity index is 1.78. The normalized spacial score (nSPS) is 11.9. The Hall–Kier alpha value is -3.25. The molecule has 1 amide bonds. The third-order valence-electron chi connectivity index (χ3n) is 5.63. The van der Waals surface area contributed by atoms with Gasteiger partial charge >= 0.3 is 5.97 Å². The second-order valence-electron chi connectivity index (χ2n) is 8.91. The number of amides is 1. The highest BCUT2D eigenvalue weighted by molar-refractivity contribution is 6.30. The summed E-state index contributed by atoms with van der Waals surface area (Å²) < 4.78 is 6.08. The van der Waals surface area contributed by atoms with Crippen LogP contribution in [0.25, 0.3) is 11.3 Å². The number of nitrogens with zero attached hydrogens (tertiary/aromatic N) is 1. The minimum atomic E-state index is -0.927. The molecule has 1 aromatic heterocycles. The molecule has 180 valence electrons. The lowest BCUT2D eigenvalue weighted by molar-refractivity contribution is -0.137. The number of nitrogens with one attached hydrogen (secondary N) is 1. The third-order valence-corrected chi connectivity index (χ3v) is 5.86. The minimum absolute atomic E-state index is 0.0245.